The van der Waals surface area contributed by atoms with Crippen LogP contribution in [0.4, 0.5) is 0 Å². The van der Waals surface area contributed by atoms with Crippen LogP contribution in [0.15, 0.2) is 6.20 Å². The van der Waals surface area contributed by atoms with Crippen molar-refractivity contribution in [3.8, 4) is 0 Å². The van der Waals surface area contributed by atoms with Crippen molar-refractivity contribution in [1.29, 1.82) is 0 Å². The van der Waals surface area contributed by atoms with Crippen LogP contribution < -0.4 is 5.32 Å². The van der Waals surface area contributed by atoms with Crippen LogP contribution in [0, 0.1) is 6.92 Å². The number of nitrogens with zero attached hydrogens (tertiary/aromatic N) is 2. The van der Waals surface area contributed by atoms with E-state index in [4.69, 9.17) is 4.74 Å². The second-order valence-corrected chi connectivity index (χ2v) is 5.95. The molecule has 18 heavy (non-hydrogen) atoms. The fourth-order valence-corrected chi connectivity index (χ4v) is 1.70. The van der Waals surface area contributed by atoms with Crippen molar-refractivity contribution >= 4 is 0 Å². The highest BCUT2D eigenvalue weighted by molar-refractivity contribution is 5.15. The number of hydrogen-bond donors (Lipinski definition) is 1. The number of ether oxygens (including phenoxy) is 1. The van der Waals surface area contributed by atoms with Gasteiger partial charge in [0.1, 0.15) is 0 Å². The minimum Gasteiger partial charge on any atom is -0.385 e. The van der Waals surface area contributed by atoms with E-state index in [2.05, 4.69) is 51.2 Å². The van der Waals surface area contributed by atoms with Crippen LogP contribution in [0.25, 0.3) is 0 Å². The van der Waals surface area contributed by atoms with E-state index in [1.54, 1.807) is 7.11 Å². The van der Waals surface area contributed by atoms with Crippen LogP contribution in [-0.4, -0.2) is 29.0 Å². The summed E-state index contributed by atoms with van der Waals surface area (Å²) in [6, 6.07) is 0.382. The van der Waals surface area contributed by atoms with Gasteiger partial charge in [0, 0.05) is 37.6 Å². The quantitative estimate of drug-likeness (QED) is 0.847. The third kappa shape index (κ3) is 4.78. The molecule has 1 aromatic heterocycles. The first kappa shape index (κ1) is 15.2. The summed E-state index contributed by atoms with van der Waals surface area (Å²) in [6.45, 7) is 12.4. The molecule has 0 saturated carbocycles. The van der Waals surface area contributed by atoms with Gasteiger partial charge in [-0.25, -0.2) is 0 Å². The SMILES string of the molecule is COCCC(C)n1cc(CNC(C)(C)C)c(C)n1. The average molecular weight is 253 g/mol. The van der Waals surface area contributed by atoms with Crippen LogP contribution in [0.5, 0.6) is 0 Å². The summed E-state index contributed by atoms with van der Waals surface area (Å²) in [7, 11) is 1.74. The molecule has 1 aromatic rings. The molecule has 0 bridgehead atoms. The van der Waals surface area contributed by atoms with Gasteiger partial charge in [0.15, 0.2) is 0 Å². The lowest BCUT2D eigenvalue weighted by Crippen LogP contribution is -2.35. The highest BCUT2D eigenvalue weighted by Gasteiger charge is 2.13. The first-order chi connectivity index (χ1) is 8.33. The van der Waals surface area contributed by atoms with E-state index in [1.807, 2.05) is 4.68 Å². The maximum atomic E-state index is 5.11. The lowest BCUT2D eigenvalue weighted by molar-refractivity contribution is 0.178. The van der Waals surface area contributed by atoms with E-state index in [0.717, 1.165) is 25.3 Å². The van der Waals surface area contributed by atoms with Gasteiger partial charge in [-0.1, -0.05) is 0 Å². The molecule has 0 aromatic carbocycles. The van der Waals surface area contributed by atoms with Gasteiger partial charge in [0.05, 0.1) is 11.7 Å². The highest BCUT2D eigenvalue weighted by Crippen LogP contribution is 2.14. The normalized spacial score (nSPS) is 13.9. The molecule has 1 rings (SSSR count). The first-order valence-corrected chi connectivity index (χ1v) is 6.62. The Balaban J connectivity index is 2.63. The van der Waals surface area contributed by atoms with E-state index in [9.17, 15) is 0 Å². The molecule has 0 aliphatic rings. The summed E-state index contributed by atoms with van der Waals surface area (Å²) >= 11 is 0. The van der Waals surface area contributed by atoms with E-state index in [1.165, 1.54) is 5.56 Å². The molecule has 0 aliphatic carbocycles. The number of aryl methyl sites for hydroxylation is 1. The Morgan fingerprint density at radius 3 is 2.67 bits per heavy atom. The monoisotopic (exact) mass is 253 g/mol. The van der Waals surface area contributed by atoms with Gasteiger partial charge in [0.25, 0.3) is 0 Å². The van der Waals surface area contributed by atoms with Crippen LogP contribution in [0.3, 0.4) is 0 Å². The zero-order valence-electron chi connectivity index (χ0n) is 12.6. The Morgan fingerprint density at radius 2 is 2.11 bits per heavy atom. The Kier molecular flexibility index (Phi) is 5.35. The van der Waals surface area contributed by atoms with Crippen LogP contribution in [-0.2, 0) is 11.3 Å². The fraction of sp³-hybridized carbons (Fsp3) is 0.786. The minimum absolute atomic E-state index is 0.135. The van der Waals surface area contributed by atoms with E-state index < -0.39 is 0 Å². The molecule has 0 radical (unpaired) electrons. The predicted molar refractivity (Wildman–Crippen MR) is 74.8 cm³/mol. The van der Waals surface area contributed by atoms with Crippen molar-refractivity contribution in [2.45, 2.75) is 59.2 Å². The maximum absolute atomic E-state index is 5.11. The van der Waals surface area contributed by atoms with Crippen molar-refractivity contribution in [2.75, 3.05) is 13.7 Å². The molecule has 0 saturated heterocycles. The molecule has 104 valence electrons. The lowest BCUT2D eigenvalue weighted by atomic mass is 10.1. The molecule has 4 heteroatoms. The lowest BCUT2D eigenvalue weighted by Gasteiger charge is -2.20. The number of rotatable bonds is 6. The maximum Gasteiger partial charge on any atom is 0.0638 e. The topological polar surface area (TPSA) is 39.1 Å². The largest absolute Gasteiger partial charge is 0.385 e. The molecule has 0 spiro atoms. The van der Waals surface area contributed by atoms with Crippen molar-refractivity contribution in [1.82, 2.24) is 15.1 Å². The molecule has 1 heterocycles. The molecular weight excluding hydrogens is 226 g/mol. The molecule has 1 atom stereocenters. The van der Waals surface area contributed by atoms with E-state index in [0.29, 0.717) is 6.04 Å². The van der Waals surface area contributed by atoms with E-state index in [-0.39, 0.29) is 5.54 Å². The Bertz CT molecular complexity index is 366. The van der Waals surface area contributed by atoms with Gasteiger partial charge in [-0.05, 0) is 41.0 Å². The number of nitrogens with one attached hydrogen (secondary N) is 1. The zero-order valence-corrected chi connectivity index (χ0v) is 12.6. The third-order valence-electron chi connectivity index (χ3n) is 3.02. The Morgan fingerprint density at radius 1 is 1.44 bits per heavy atom. The van der Waals surface area contributed by atoms with E-state index >= 15 is 0 Å². The second-order valence-electron chi connectivity index (χ2n) is 5.95. The molecule has 1 unspecified atom stereocenters. The summed E-state index contributed by atoms with van der Waals surface area (Å²) in [5.74, 6) is 0. The van der Waals surface area contributed by atoms with Gasteiger partial charge in [0.2, 0.25) is 0 Å². The number of methoxy groups -OCH3 is 1. The molecule has 0 fully saturated rings. The molecule has 4 nitrogen and oxygen atoms in total. The predicted octanol–water partition coefficient (Wildman–Crippen LogP) is 2.68. The zero-order chi connectivity index (χ0) is 13.8. The average Bonchev–Trinajstić information content (AvgIpc) is 2.64. The molecule has 1 N–H and O–H groups in total. The minimum atomic E-state index is 0.135. The van der Waals surface area contributed by atoms with Crippen LogP contribution in [0.1, 0.15) is 51.4 Å². The van der Waals surface area contributed by atoms with Crippen molar-refractivity contribution in [3.63, 3.8) is 0 Å². The summed E-state index contributed by atoms with van der Waals surface area (Å²) in [4.78, 5) is 0. The van der Waals surface area contributed by atoms with Crippen LogP contribution in [0.2, 0.25) is 0 Å². The van der Waals surface area contributed by atoms with Gasteiger partial charge in [-0.2, -0.15) is 5.10 Å². The van der Waals surface area contributed by atoms with Gasteiger partial charge in [-0.15, -0.1) is 0 Å². The molecule has 0 aliphatic heterocycles. The third-order valence-corrected chi connectivity index (χ3v) is 3.02. The summed E-state index contributed by atoms with van der Waals surface area (Å²) in [5.41, 5.74) is 2.51. The standard InChI is InChI=1S/C14H27N3O/c1-11(7-8-18-6)17-10-13(12(2)16-17)9-15-14(3,4)5/h10-11,15H,7-9H2,1-6H3. The molecule has 0 amide bonds. The smallest absolute Gasteiger partial charge is 0.0638 e. The van der Waals surface area contributed by atoms with Gasteiger partial charge in [-0.3, -0.25) is 4.68 Å². The van der Waals surface area contributed by atoms with Gasteiger partial charge >= 0.3 is 0 Å². The summed E-state index contributed by atoms with van der Waals surface area (Å²) in [5, 5.41) is 8.08. The second kappa shape index (κ2) is 6.34. The first-order valence-electron chi connectivity index (χ1n) is 6.62. The van der Waals surface area contributed by atoms with Crippen molar-refractivity contribution < 1.29 is 4.74 Å². The highest BCUT2D eigenvalue weighted by atomic mass is 16.5. The molecular formula is C14H27N3O. The van der Waals surface area contributed by atoms with Gasteiger partial charge < -0.3 is 10.1 Å². The fourth-order valence-electron chi connectivity index (χ4n) is 1.70. The van der Waals surface area contributed by atoms with Crippen LogP contribution >= 0.6 is 0 Å². The van der Waals surface area contributed by atoms with Crippen molar-refractivity contribution in [2.24, 2.45) is 0 Å². The Labute approximate surface area is 111 Å². The summed E-state index contributed by atoms with van der Waals surface area (Å²) < 4.78 is 7.16. The number of hydrogen-bond acceptors (Lipinski definition) is 3. The summed E-state index contributed by atoms with van der Waals surface area (Å²) in [6.07, 6.45) is 3.14. The van der Waals surface area contributed by atoms with Crippen molar-refractivity contribution in [3.05, 3.63) is 17.5 Å². The number of aromatic nitrogens is 2. The Hall–Kier alpha value is -0.870.